The molecule has 2 rings (SSSR count). The van der Waals surface area contributed by atoms with Gasteiger partial charge in [-0.2, -0.15) is 0 Å². The molecular formula is C15H25NO4. The maximum atomic E-state index is 11.9. The minimum absolute atomic E-state index is 0.0379. The minimum atomic E-state index is -0.577. The van der Waals surface area contributed by atoms with Gasteiger partial charge in [-0.05, 0) is 25.7 Å². The predicted molar refractivity (Wildman–Crippen MR) is 74.1 cm³/mol. The number of hydrogen-bond acceptors (Lipinski definition) is 4. The lowest BCUT2D eigenvalue weighted by atomic mass is 9.87. The highest BCUT2D eigenvalue weighted by molar-refractivity contribution is 5.84. The molecule has 0 unspecified atom stereocenters. The summed E-state index contributed by atoms with van der Waals surface area (Å²) >= 11 is 0. The molecule has 1 amide bonds. The van der Waals surface area contributed by atoms with E-state index in [4.69, 9.17) is 9.47 Å². The lowest BCUT2D eigenvalue weighted by molar-refractivity contribution is -0.152. The second-order valence-electron chi connectivity index (χ2n) is 5.92. The first-order valence-corrected chi connectivity index (χ1v) is 7.72. The van der Waals surface area contributed by atoms with E-state index in [2.05, 4.69) is 5.32 Å². The van der Waals surface area contributed by atoms with E-state index in [1.807, 2.05) is 0 Å². The Morgan fingerprint density at radius 2 is 2.00 bits per heavy atom. The van der Waals surface area contributed by atoms with Crippen LogP contribution < -0.4 is 5.32 Å². The van der Waals surface area contributed by atoms with Gasteiger partial charge >= 0.3 is 5.97 Å². The van der Waals surface area contributed by atoms with E-state index >= 15 is 0 Å². The zero-order valence-corrected chi connectivity index (χ0v) is 12.2. The average molecular weight is 283 g/mol. The van der Waals surface area contributed by atoms with Gasteiger partial charge in [-0.3, -0.25) is 4.79 Å². The Bertz CT molecular complexity index is 333. The summed E-state index contributed by atoms with van der Waals surface area (Å²) < 4.78 is 10.4. The highest BCUT2D eigenvalue weighted by Crippen LogP contribution is 2.26. The largest absolute Gasteiger partial charge is 0.458 e. The van der Waals surface area contributed by atoms with E-state index in [0.29, 0.717) is 25.6 Å². The van der Waals surface area contributed by atoms with Crippen LogP contribution in [0, 0.1) is 5.92 Å². The summed E-state index contributed by atoms with van der Waals surface area (Å²) in [6, 6.07) is -0.577. The van der Waals surface area contributed by atoms with Gasteiger partial charge in [0.05, 0.1) is 13.2 Å². The Morgan fingerprint density at radius 3 is 2.65 bits per heavy atom. The van der Waals surface area contributed by atoms with E-state index in [1.54, 1.807) is 6.92 Å². The Morgan fingerprint density at radius 1 is 1.25 bits per heavy atom. The standard InChI is InChI=1S/C15H25NO4/c1-11(15(18)20-13-7-8-19-10-13)16-14(17)9-12-5-3-2-4-6-12/h11-13H,2-10H2,1H3,(H,16,17)/t11-,13+/m0/s1. The first-order chi connectivity index (χ1) is 9.65. The van der Waals surface area contributed by atoms with Crippen LogP contribution in [-0.4, -0.2) is 37.2 Å². The lowest BCUT2D eigenvalue weighted by Gasteiger charge is -2.22. The van der Waals surface area contributed by atoms with Crippen molar-refractivity contribution in [2.75, 3.05) is 13.2 Å². The van der Waals surface area contributed by atoms with Crippen molar-refractivity contribution in [2.24, 2.45) is 5.92 Å². The molecule has 0 radical (unpaired) electrons. The average Bonchev–Trinajstić information content (AvgIpc) is 2.92. The summed E-state index contributed by atoms with van der Waals surface area (Å²) in [5.41, 5.74) is 0. The Balaban J connectivity index is 1.67. The molecule has 0 spiro atoms. The molecule has 1 heterocycles. The minimum Gasteiger partial charge on any atom is -0.458 e. The highest BCUT2D eigenvalue weighted by Gasteiger charge is 2.25. The Hall–Kier alpha value is -1.10. The molecule has 1 saturated heterocycles. The molecule has 1 aliphatic heterocycles. The SMILES string of the molecule is C[C@H](NC(=O)CC1CCCCC1)C(=O)O[C@@H]1CCOC1. The number of rotatable bonds is 5. The quantitative estimate of drug-likeness (QED) is 0.781. The molecule has 2 fully saturated rings. The summed E-state index contributed by atoms with van der Waals surface area (Å²) in [6.07, 6.45) is 7.11. The Kier molecular flexibility index (Phi) is 5.83. The third kappa shape index (κ3) is 4.78. The second-order valence-corrected chi connectivity index (χ2v) is 5.92. The van der Waals surface area contributed by atoms with E-state index in [0.717, 1.165) is 19.3 Å². The molecule has 1 N–H and O–H groups in total. The third-order valence-electron chi connectivity index (χ3n) is 4.10. The fourth-order valence-corrected chi connectivity index (χ4v) is 2.88. The summed E-state index contributed by atoms with van der Waals surface area (Å²) in [7, 11) is 0. The number of hydrogen-bond donors (Lipinski definition) is 1. The molecule has 5 nitrogen and oxygen atoms in total. The topological polar surface area (TPSA) is 64.6 Å². The van der Waals surface area contributed by atoms with Gasteiger partial charge in [0.2, 0.25) is 5.91 Å². The van der Waals surface area contributed by atoms with Crippen LogP contribution in [0.1, 0.15) is 51.9 Å². The second kappa shape index (κ2) is 7.62. The molecule has 5 heteroatoms. The van der Waals surface area contributed by atoms with Crippen molar-refractivity contribution in [2.45, 2.75) is 64.0 Å². The van der Waals surface area contributed by atoms with Gasteiger partial charge in [0.15, 0.2) is 0 Å². The molecule has 2 aliphatic rings. The maximum Gasteiger partial charge on any atom is 0.328 e. The van der Waals surface area contributed by atoms with Gasteiger partial charge in [-0.1, -0.05) is 19.3 Å². The fourth-order valence-electron chi connectivity index (χ4n) is 2.88. The number of ether oxygens (including phenoxy) is 2. The molecule has 0 aromatic heterocycles. The van der Waals surface area contributed by atoms with Crippen LogP contribution in [0.15, 0.2) is 0 Å². The van der Waals surface area contributed by atoms with E-state index < -0.39 is 6.04 Å². The summed E-state index contributed by atoms with van der Waals surface area (Å²) in [4.78, 5) is 23.8. The van der Waals surface area contributed by atoms with Crippen molar-refractivity contribution in [3.63, 3.8) is 0 Å². The molecule has 1 aliphatic carbocycles. The number of amides is 1. The van der Waals surface area contributed by atoms with Crippen LogP contribution in [-0.2, 0) is 19.1 Å². The first-order valence-electron chi connectivity index (χ1n) is 7.72. The molecular weight excluding hydrogens is 258 g/mol. The number of carbonyl (C=O) groups excluding carboxylic acids is 2. The number of esters is 1. The van der Waals surface area contributed by atoms with Gasteiger partial charge in [0, 0.05) is 12.8 Å². The lowest BCUT2D eigenvalue weighted by Crippen LogP contribution is -2.41. The molecule has 2 atom stereocenters. The molecule has 1 saturated carbocycles. The summed E-state index contributed by atoms with van der Waals surface area (Å²) in [5.74, 6) is 0.0803. The number of carbonyl (C=O) groups is 2. The van der Waals surface area contributed by atoms with E-state index in [9.17, 15) is 9.59 Å². The molecule has 0 aromatic rings. The van der Waals surface area contributed by atoms with Crippen molar-refractivity contribution in [3.8, 4) is 0 Å². The van der Waals surface area contributed by atoms with Gasteiger partial charge in [-0.25, -0.2) is 4.79 Å². The van der Waals surface area contributed by atoms with Crippen LogP contribution in [0.3, 0.4) is 0 Å². The van der Waals surface area contributed by atoms with Crippen molar-refractivity contribution < 1.29 is 19.1 Å². The van der Waals surface area contributed by atoms with Crippen molar-refractivity contribution >= 4 is 11.9 Å². The zero-order valence-electron chi connectivity index (χ0n) is 12.2. The third-order valence-corrected chi connectivity index (χ3v) is 4.10. The van der Waals surface area contributed by atoms with Gasteiger partial charge in [0.1, 0.15) is 12.1 Å². The molecule has 0 aromatic carbocycles. The van der Waals surface area contributed by atoms with Crippen molar-refractivity contribution in [3.05, 3.63) is 0 Å². The van der Waals surface area contributed by atoms with Gasteiger partial charge < -0.3 is 14.8 Å². The van der Waals surface area contributed by atoms with Gasteiger partial charge in [-0.15, -0.1) is 0 Å². The Labute approximate surface area is 120 Å². The van der Waals surface area contributed by atoms with Crippen LogP contribution >= 0.6 is 0 Å². The monoisotopic (exact) mass is 283 g/mol. The van der Waals surface area contributed by atoms with Crippen LogP contribution in [0.25, 0.3) is 0 Å². The molecule has 0 bridgehead atoms. The van der Waals surface area contributed by atoms with Crippen LogP contribution in [0.2, 0.25) is 0 Å². The van der Waals surface area contributed by atoms with Crippen LogP contribution in [0.5, 0.6) is 0 Å². The maximum absolute atomic E-state index is 11.9. The smallest absolute Gasteiger partial charge is 0.328 e. The summed E-state index contributed by atoms with van der Waals surface area (Å²) in [6.45, 7) is 2.78. The summed E-state index contributed by atoms with van der Waals surface area (Å²) in [5, 5.41) is 2.75. The van der Waals surface area contributed by atoms with Crippen molar-refractivity contribution in [1.82, 2.24) is 5.32 Å². The van der Waals surface area contributed by atoms with E-state index in [1.165, 1.54) is 19.3 Å². The first kappa shape index (κ1) is 15.3. The van der Waals surface area contributed by atoms with Gasteiger partial charge in [0.25, 0.3) is 0 Å². The molecule has 114 valence electrons. The number of nitrogens with one attached hydrogen (secondary N) is 1. The highest BCUT2D eigenvalue weighted by atomic mass is 16.6. The van der Waals surface area contributed by atoms with Crippen LogP contribution in [0.4, 0.5) is 0 Å². The fraction of sp³-hybridized carbons (Fsp3) is 0.867. The molecule has 20 heavy (non-hydrogen) atoms. The normalized spacial score (nSPS) is 25.1. The van der Waals surface area contributed by atoms with E-state index in [-0.39, 0.29) is 18.0 Å². The van der Waals surface area contributed by atoms with Crippen molar-refractivity contribution in [1.29, 1.82) is 0 Å². The predicted octanol–water partition coefficient (Wildman–Crippen LogP) is 1.79. The zero-order chi connectivity index (χ0) is 14.4.